The zero-order valence-electron chi connectivity index (χ0n) is 15.5. The monoisotopic (exact) mass is 479 g/mol. The molecule has 25 heavy (non-hydrogen) atoms. The van der Waals surface area contributed by atoms with Crippen LogP contribution in [-0.2, 0) is 10.8 Å². The molecule has 0 aromatic heterocycles. The van der Waals surface area contributed by atoms with Crippen LogP contribution in [0.2, 0.25) is 0 Å². The number of rotatable bonds is 5. The third-order valence-corrected chi connectivity index (χ3v) is 5.76. The molecule has 0 radical (unpaired) electrons. The summed E-state index contributed by atoms with van der Waals surface area (Å²) in [5.41, 5.74) is 1.16. The molecule has 5 nitrogen and oxygen atoms in total. The minimum atomic E-state index is -0.883. The van der Waals surface area contributed by atoms with E-state index >= 15 is 0 Å². The second-order valence-electron chi connectivity index (χ2n) is 6.79. The van der Waals surface area contributed by atoms with Crippen LogP contribution in [0.5, 0.6) is 5.75 Å². The van der Waals surface area contributed by atoms with Crippen molar-refractivity contribution in [2.45, 2.75) is 44.9 Å². The van der Waals surface area contributed by atoms with Gasteiger partial charge in [-0.15, -0.1) is 24.0 Å². The Hall–Kier alpha value is -0.830. The molecule has 142 valence electrons. The highest BCUT2D eigenvalue weighted by Gasteiger charge is 2.22. The van der Waals surface area contributed by atoms with E-state index in [9.17, 15) is 4.21 Å². The van der Waals surface area contributed by atoms with Crippen LogP contribution in [0.4, 0.5) is 0 Å². The summed E-state index contributed by atoms with van der Waals surface area (Å²) in [6.45, 7) is 10.1. The first-order chi connectivity index (χ1) is 11.4. The van der Waals surface area contributed by atoms with Gasteiger partial charge in [-0.05, 0) is 33.8 Å². The van der Waals surface area contributed by atoms with Crippen molar-refractivity contribution in [3.8, 4) is 5.75 Å². The van der Waals surface area contributed by atoms with Crippen molar-refractivity contribution in [2.24, 2.45) is 4.99 Å². The van der Waals surface area contributed by atoms with Crippen molar-refractivity contribution in [1.82, 2.24) is 10.6 Å². The Labute approximate surface area is 170 Å². The van der Waals surface area contributed by atoms with Gasteiger partial charge in [0, 0.05) is 39.8 Å². The average molecular weight is 479 g/mol. The first kappa shape index (κ1) is 22.2. The van der Waals surface area contributed by atoms with Crippen molar-refractivity contribution in [2.75, 3.05) is 25.4 Å². The molecule has 0 aliphatic carbocycles. The second-order valence-corrected chi connectivity index (χ2v) is 9.12. The maximum Gasteiger partial charge on any atom is 0.191 e. The van der Waals surface area contributed by atoms with E-state index in [0.717, 1.165) is 30.2 Å². The smallest absolute Gasteiger partial charge is 0.191 e. The summed E-state index contributed by atoms with van der Waals surface area (Å²) in [6.07, 6.45) is 0.898. The maximum atomic E-state index is 12.1. The third-order valence-electron chi connectivity index (χ3n) is 3.84. The standard InChI is InChI=1S/C18H29N3O2S.HI/c1-5-19-17(20-11-13-24(22)18(2,3)4)21-15-10-12-23-16-9-7-6-8-14(15)16;/h6-9,15H,5,10-13H2,1-4H3,(H2,19,20,21);1H. The van der Waals surface area contributed by atoms with Crippen molar-refractivity contribution in [1.29, 1.82) is 0 Å². The Bertz CT molecular complexity index is 602. The average Bonchev–Trinajstić information content (AvgIpc) is 2.54. The van der Waals surface area contributed by atoms with Gasteiger partial charge in [-0.2, -0.15) is 0 Å². The van der Waals surface area contributed by atoms with Crippen LogP contribution in [0.3, 0.4) is 0 Å². The number of hydrogen-bond donors (Lipinski definition) is 2. The van der Waals surface area contributed by atoms with Crippen molar-refractivity contribution < 1.29 is 8.95 Å². The van der Waals surface area contributed by atoms with Crippen molar-refractivity contribution >= 4 is 40.7 Å². The normalized spacial score (nSPS) is 18.4. The summed E-state index contributed by atoms with van der Waals surface area (Å²) >= 11 is 0. The number of fused-ring (bicyclic) bond motifs is 1. The number of para-hydroxylation sites is 1. The molecule has 1 heterocycles. The fourth-order valence-corrected chi connectivity index (χ4v) is 3.39. The molecule has 1 aliphatic rings. The number of halogens is 1. The summed E-state index contributed by atoms with van der Waals surface area (Å²) in [7, 11) is -0.883. The second kappa shape index (κ2) is 10.4. The SMILES string of the molecule is CCNC(=NCCS(=O)C(C)(C)C)NC1CCOc2ccccc21.I. The number of nitrogens with zero attached hydrogens (tertiary/aromatic N) is 1. The number of benzene rings is 1. The van der Waals surface area contributed by atoms with E-state index in [1.165, 1.54) is 0 Å². The van der Waals surface area contributed by atoms with Gasteiger partial charge >= 0.3 is 0 Å². The van der Waals surface area contributed by atoms with E-state index in [4.69, 9.17) is 4.74 Å². The van der Waals surface area contributed by atoms with Gasteiger partial charge in [0.25, 0.3) is 0 Å². The van der Waals surface area contributed by atoms with Crippen molar-refractivity contribution in [3.05, 3.63) is 29.8 Å². The zero-order chi connectivity index (χ0) is 17.6. The molecule has 1 aliphatic heterocycles. The largest absolute Gasteiger partial charge is 0.493 e. The first-order valence-corrected chi connectivity index (χ1v) is 9.88. The van der Waals surface area contributed by atoms with Crippen LogP contribution in [0.25, 0.3) is 0 Å². The lowest BCUT2D eigenvalue weighted by molar-refractivity contribution is 0.261. The van der Waals surface area contributed by atoms with Crippen LogP contribution in [-0.4, -0.2) is 40.4 Å². The van der Waals surface area contributed by atoms with Gasteiger partial charge in [0.05, 0.1) is 19.2 Å². The van der Waals surface area contributed by atoms with E-state index in [1.807, 2.05) is 45.9 Å². The number of nitrogens with one attached hydrogen (secondary N) is 2. The molecule has 0 fully saturated rings. The van der Waals surface area contributed by atoms with Gasteiger partial charge in [0.15, 0.2) is 5.96 Å². The van der Waals surface area contributed by atoms with Gasteiger partial charge in [0.2, 0.25) is 0 Å². The lowest BCUT2D eigenvalue weighted by atomic mass is 10.0. The molecule has 0 saturated heterocycles. The Morgan fingerprint density at radius 2 is 2.08 bits per heavy atom. The maximum absolute atomic E-state index is 12.1. The molecule has 2 unspecified atom stereocenters. The highest BCUT2D eigenvalue weighted by molar-refractivity contribution is 14.0. The van der Waals surface area contributed by atoms with Gasteiger partial charge in [-0.25, -0.2) is 0 Å². The fraction of sp³-hybridized carbons (Fsp3) is 0.611. The number of ether oxygens (including phenoxy) is 1. The topological polar surface area (TPSA) is 62.7 Å². The number of hydrogen-bond acceptors (Lipinski definition) is 3. The summed E-state index contributed by atoms with van der Waals surface area (Å²) in [5.74, 6) is 2.28. The van der Waals surface area contributed by atoms with Crippen LogP contribution >= 0.6 is 24.0 Å². The third kappa shape index (κ3) is 6.77. The highest BCUT2D eigenvalue weighted by atomic mass is 127. The van der Waals surface area contributed by atoms with E-state index in [1.54, 1.807) is 0 Å². The molecule has 0 saturated carbocycles. The van der Waals surface area contributed by atoms with E-state index in [-0.39, 0.29) is 34.8 Å². The molecule has 0 amide bonds. The molecular weight excluding hydrogens is 449 g/mol. The van der Waals surface area contributed by atoms with Crippen molar-refractivity contribution in [3.63, 3.8) is 0 Å². The molecule has 0 spiro atoms. The summed E-state index contributed by atoms with van der Waals surface area (Å²) in [6, 6.07) is 8.28. The molecule has 1 aromatic rings. The Balaban J connectivity index is 0.00000312. The van der Waals surface area contributed by atoms with E-state index in [2.05, 4.69) is 21.7 Å². The molecule has 2 atom stereocenters. The lowest BCUT2D eigenvalue weighted by Gasteiger charge is -2.28. The molecule has 1 aromatic carbocycles. The van der Waals surface area contributed by atoms with E-state index < -0.39 is 10.8 Å². The Morgan fingerprint density at radius 3 is 2.76 bits per heavy atom. The Kier molecular flexibility index (Phi) is 9.20. The molecule has 2 rings (SSSR count). The molecule has 0 bridgehead atoms. The van der Waals surface area contributed by atoms with E-state index in [0.29, 0.717) is 18.9 Å². The predicted molar refractivity (Wildman–Crippen MR) is 117 cm³/mol. The summed E-state index contributed by atoms with van der Waals surface area (Å²) in [5, 5.41) is 6.76. The van der Waals surface area contributed by atoms with Crippen LogP contribution in [0, 0.1) is 0 Å². The molecule has 2 N–H and O–H groups in total. The van der Waals surface area contributed by atoms with Gasteiger partial charge in [-0.3, -0.25) is 9.20 Å². The number of guanidine groups is 1. The predicted octanol–water partition coefficient (Wildman–Crippen LogP) is 3.23. The Morgan fingerprint density at radius 1 is 1.36 bits per heavy atom. The quantitative estimate of drug-likeness (QED) is 0.387. The highest BCUT2D eigenvalue weighted by Crippen LogP contribution is 2.31. The van der Waals surface area contributed by atoms with Gasteiger partial charge < -0.3 is 15.4 Å². The zero-order valence-corrected chi connectivity index (χ0v) is 18.6. The van der Waals surface area contributed by atoms with Crippen LogP contribution in [0.1, 0.15) is 45.7 Å². The summed E-state index contributed by atoms with van der Waals surface area (Å²) < 4.78 is 17.7. The number of aliphatic imine (C=N–C) groups is 1. The molecular formula is C18H30IN3O2S. The lowest BCUT2D eigenvalue weighted by Crippen LogP contribution is -2.41. The molecule has 7 heteroatoms. The fourth-order valence-electron chi connectivity index (χ4n) is 2.52. The van der Waals surface area contributed by atoms with Gasteiger partial charge in [-0.1, -0.05) is 18.2 Å². The van der Waals surface area contributed by atoms with Crippen LogP contribution in [0.15, 0.2) is 29.3 Å². The summed E-state index contributed by atoms with van der Waals surface area (Å²) in [4.78, 5) is 4.59. The minimum Gasteiger partial charge on any atom is -0.493 e. The minimum absolute atomic E-state index is 0. The van der Waals surface area contributed by atoms with Gasteiger partial charge in [0.1, 0.15) is 5.75 Å². The van der Waals surface area contributed by atoms with Crippen LogP contribution < -0.4 is 15.4 Å². The first-order valence-electron chi connectivity index (χ1n) is 8.57.